The lowest BCUT2D eigenvalue weighted by molar-refractivity contribution is -0.129. The molecule has 0 aliphatic carbocycles. The van der Waals surface area contributed by atoms with Gasteiger partial charge in [-0.1, -0.05) is 74.3 Å². The molecule has 48 heavy (non-hydrogen) atoms. The van der Waals surface area contributed by atoms with Crippen LogP contribution >= 0.6 is 35.6 Å². The van der Waals surface area contributed by atoms with Crippen molar-refractivity contribution in [1.29, 1.82) is 0 Å². The lowest BCUT2D eigenvalue weighted by Crippen LogP contribution is -2.48. The van der Waals surface area contributed by atoms with Gasteiger partial charge in [0.25, 0.3) is 0 Å². The Bertz CT molecular complexity index is 1610. The molecule has 0 N–H and O–H groups in total. The third-order valence-corrected chi connectivity index (χ3v) is 9.30. The fraction of sp³-hybridized carbons (Fsp3) is 0.432. The van der Waals surface area contributed by atoms with Crippen molar-refractivity contribution >= 4 is 53.4 Å². The largest absolute Gasteiger partial charge is 0.493 e. The molecule has 5 rings (SSSR count). The van der Waals surface area contributed by atoms with Crippen molar-refractivity contribution in [2.45, 2.75) is 51.6 Å². The van der Waals surface area contributed by atoms with Crippen molar-refractivity contribution in [2.75, 3.05) is 53.4 Å². The van der Waals surface area contributed by atoms with E-state index in [-0.39, 0.29) is 29.8 Å². The van der Waals surface area contributed by atoms with Crippen molar-refractivity contribution in [3.63, 3.8) is 0 Å². The Hall–Kier alpha value is -3.30. The third kappa shape index (κ3) is 8.46. The average Bonchev–Trinajstić information content (AvgIpc) is 3.27. The molecule has 3 aromatic rings. The molecule has 2 aliphatic heterocycles. The number of hydrogen-bond donors (Lipinski definition) is 0. The van der Waals surface area contributed by atoms with Crippen LogP contribution in [-0.4, -0.2) is 90.8 Å². The van der Waals surface area contributed by atoms with E-state index in [0.717, 1.165) is 35.2 Å². The Morgan fingerprint density at radius 3 is 2.10 bits per heavy atom. The van der Waals surface area contributed by atoms with E-state index in [9.17, 15) is 9.59 Å². The van der Waals surface area contributed by atoms with Gasteiger partial charge in [-0.05, 0) is 71.8 Å². The van der Waals surface area contributed by atoms with Gasteiger partial charge in [0.05, 0.1) is 24.8 Å². The minimum atomic E-state index is -0.456. The van der Waals surface area contributed by atoms with E-state index in [0.29, 0.717) is 54.4 Å². The van der Waals surface area contributed by atoms with Gasteiger partial charge in [0.2, 0.25) is 5.91 Å². The third-order valence-electron chi connectivity index (χ3n) is 8.80. The maximum Gasteiger partial charge on any atom is 0.326 e. The predicted molar refractivity (Wildman–Crippen MR) is 197 cm³/mol. The number of benzene rings is 3. The summed E-state index contributed by atoms with van der Waals surface area (Å²) in [5, 5.41) is 1.25. The highest BCUT2D eigenvalue weighted by molar-refractivity contribution is 6.30. The molecule has 0 radical (unpaired) electrons. The molecule has 0 saturated carbocycles. The zero-order chi connectivity index (χ0) is 33.9. The standard InChI is InChI=1S/C37H45Cl2N5O3.ClH/c1-7-47-31-23-27(37(2,3)4)13-18-30(31)35-40-33(25-9-14-28(38)15-10-25)34(26-11-16-29(39)17-12-26)44(35)36(46)43-20-8-19-42(21-22-43)24-32(45)41(5)6;/h9-18,23,33-34H,7-8,19-22,24H2,1-6H3;1H/t33-,34+;/m0./s1. The van der Waals surface area contributed by atoms with Crippen LogP contribution in [0.5, 0.6) is 5.75 Å². The minimum absolute atomic E-state index is 0. The molecule has 2 atom stereocenters. The number of aliphatic imine (C=N–C) groups is 1. The number of nitrogens with zero attached hydrogens (tertiary/aromatic N) is 5. The number of amidine groups is 1. The summed E-state index contributed by atoms with van der Waals surface area (Å²) >= 11 is 12.7. The van der Waals surface area contributed by atoms with Gasteiger partial charge in [-0.15, -0.1) is 12.4 Å². The smallest absolute Gasteiger partial charge is 0.326 e. The van der Waals surface area contributed by atoms with E-state index in [4.69, 9.17) is 32.9 Å². The van der Waals surface area contributed by atoms with Crippen molar-refractivity contribution in [3.8, 4) is 5.75 Å². The van der Waals surface area contributed by atoms with Crippen molar-refractivity contribution in [2.24, 2.45) is 4.99 Å². The highest BCUT2D eigenvalue weighted by Crippen LogP contribution is 2.46. The Balaban J connectivity index is 0.00000520. The summed E-state index contributed by atoms with van der Waals surface area (Å²) in [6, 6.07) is 20.5. The highest BCUT2D eigenvalue weighted by Gasteiger charge is 2.45. The molecule has 2 aliphatic rings. The molecule has 8 nitrogen and oxygen atoms in total. The topological polar surface area (TPSA) is 68.7 Å². The summed E-state index contributed by atoms with van der Waals surface area (Å²) in [6.45, 7) is 11.7. The molecule has 0 unspecified atom stereocenters. The number of likely N-dealkylation sites (N-methyl/N-ethyl adjacent to an activating group) is 1. The number of halogens is 3. The van der Waals surface area contributed by atoms with Crippen LogP contribution < -0.4 is 4.74 Å². The molecule has 3 amide bonds. The number of amides is 3. The first kappa shape index (κ1) is 37.5. The fourth-order valence-electron chi connectivity index (χ4n) is 6.11. The van der Waals surface area contributed by atoms with Crippen molar-refractivity contribution in [1.82, 2.24) is 19.6 Å². The number of urea groups is 1. The van der Waals surface area contributed by atoms with Gasteiger partial charge in [0, 0.05) is 50.3 Å². The van der Waals surface area contributed by atoms with Crippen LogP contribution in [0.4, 0.5) is 4.79 Å². The van der Waals surface area contributed by atoms with E-state index in [2.05, 4.69) is 37.8 Å². The molecule has 0 spiro atoms. The van der Waals surface area contributed by atoms with Gasteiger partial charge in [-0.2, -0.15) is 0 Å². The molecule has 0 aromatic heterocycles. The van der Waals surface area contributed by atoms with Crippen LogP contribution in [0.3, 0.4) is 0 Å². The molecule has 2 heterocycles. The van der Waals surface area contributed by atoms with Gasteiger partial charge in [-0.3, -0.25) is 19.6 Å². The molecule has 1 fully saturated rings. The number of hydrogen-bond acceptors (Lipinski definition) is 5. The van der Waals surface area contributed by atoms with Crippen LogP contribution in [0.1, 0.15) is 68.5 Å². The van der Waals surface area contributed by atoms with E-state index in [1.165, 1.54) is 0 Å². The Morgan fingerprint density at radius 2 is 1.52 bits per heavy atom. The van der Waals surface area contributed by atoms with Crippen LogP contribution in [0, 0.1) is 0 Å². The predicted octanol–water partition coefficient (Wildman–Crippen LogP) is 7.87. The number of carbonyl (C=O) groups is 2. The van der Waals surface area contributed by atoms with Crippen molar-refractivity contribution < 1.29 is 14.3 Å². The van der Waals surface area contributed by atoms with Crippen molar-refractivity contribution in [3.05, 3.63) is 99.0 Å². The quantitative estimate of drug-likeness (QED) is 0.250. The van der Waals surface area contributed by atoms with Gasteiger partial charge in [-0.25, -0.2) is 4.79 Å². The van der Waals surface area contributed by atoms with Gasteiger partial charge in [0.1, 0.15) is 17.6 Å². The highest BCUT2D eigenvalue weighted by atomic mass is 35.5. The van der Waals surface area contributed by atoms with Crippen LogP contribution in [0.2, 0.25) is 10.0 Å². The molecular weight excluding hydrogens is 669 g/mol. The Morgan fingerprint density at radius 1 is 0.896 bits per heavy atom. The summed E-state index contributed by atoms with van der Waals surface area (Å²) in [7, 11) is 3.53. The molecule has 11 heteroatoms. The summed E-state index contributed by atoms with van der Waals surface area (Å²) in [6.07, 6.45) is 0.753. The fourth-order valence-corrected chi connectivity index (χ4v) is 6.36. The van der Waals surface area contributed by atoms with E-state index in [1.807, 2.05) is 71.3 Å². The maximum atomic E-state index is 14.9. The number of rotatable bonds is 7. The van der Waals surface area contributed by atoms with Crippen LogP contribution in [0.25, 0.3) is 0 Å². The molecule has 0 bridgehead atoms. The minimum Gasteiger partial charge on any atom is -0.493 e. The molecule has 1 saturated heterocycles. The second kappa shape index (κ2) is 15.9. The first-order chi connectivity index (χ1) is 22.4. The zero-order valence-corrected chi connectivity index (χ0v) is 30.9. The molecular formula is C37H46Cl3N5O3. The first-order valence-electron chi connectivity index (χ1n) is 16.2. The van der Waals surface area contributed by atoms with Gasteiger partial charge < -0.3 is 14.5 Å². The summed E-state index contributed by atoms with van der Waals surface area (Å²) in [5.41, 5.74) is 3.65. The number of carbonyl (C=O) groups excluding carboxylic acids is 2. The number of ether oxygens (including phenoxy) is 1. The first-order valence-corrected chi connectivity index (χ1v) is 17.0. The SMILES string of the molecule is CCOc1cc(C(C)(C)C)ccc1C1=N[C@@H](c2ccc(Cl)cc2)[C@@H](c2ccc(Cl)cc2)N1C(=O)N1CCCN(CC(=O)N(C)C)CC1.Cl. The molecule has 258 valence electrons. The van der Waals surface area contributed by atoms with Gasteiger partial charge >= 0.3 is 6.03 Å². The maximum absolute atomic E-state index is 14.9. The lowest BCUT2D eigenvalue weighted by Gasteiger charge is -2.34. The van der Waals surface area contributed by atoms with Gasteiger partial charge in [0.15, 0.2) is 0 Å². The average molecular weight is 715 g/mol. The van der Waals surface area contributed by atoms with Crippen LogP contribution in [0.15, 0.2) is 71.7 Å². The molecule has 3 aromatic carbocycles. The zero-order valence-electron chi connectivity index (χ0n) is 28.6. The van der Waals surface area contributed by atoms with E-state index >= 15 is 0 Å². The summed E-state index contributed by atoms with van der Waals surface area (Å²) < 4.78 is 6.25. The Labute approximate surface area is 301 Å². The normalized spacial score (nSPS) is 18.5. The second-order valence-electron chi connectivity index (χ2n) is 13.4. The summed E-state index contributed by atoms with van der Waals surface area (Å²) in [4.78, 5) is 40.2. The van der Waals surface area contributed by atoms with E-state index in [1.54, 1.807) is 19.0 Å². The lowest BCUT2D eigenvalue weighted by atomic mass is 9.86. The van der Waals surface area contributed by atoms with E-state index < -0.39 is 12.1 Å². The second-order valence-corrected chi connectivity index (χ2v) is 14.3. The van der Waals surface area contributed by atoms with Crippen LogP contribution in [-0.2, 0) is 10.2 Å². The Kier molecular flexibility index (Phi) is 12.5. The summed E-state index contributed by atoms with van der Waals surface area (Å²) in [5.74, 6) is 1.30. The monoisotopic (exact) mass is 713 g/mol.